The molecule has 0 aliphatic carbocycles. The van der Waals surface area contributed by atoms with E-state index in [1.54, 1.807) is 11.4 Å². The maximum atomic E-state index is 13.2. The van der Waals surface area contributed by atoms with E-state index in [9.17, 15) is 9.18 Å². The Kier molecular flexibility index (Phi) is 2.98. The summed E-state index contributed by atoms with van der Waals surface area (Å²) >= 11 is 1.36. The Morgan fingerprint density at radius 3 is 2.29 bits per heavy atom. The molecule has 17 heavy (non-hydrogen) atoms. The Morgan fingerprint density at radius 1 is 1.24 bits per heavy atom. The lowest BCUT2D eigenvalue weighted by molar-refractivity contribution is 0.0697. The lowest BCUT2D eigenvalue weighted by Crippen LogP contribution is -1.92. The molecule has 1 heterocycles. The summed E-state index contributed by atoms with van der Waals surface area (Å²) in [5.41, 5.74) is 2.83. The molecule has 0 bridgehead atoms. The van der Waals surface area contributed by atoms with Crippen LogP contribution in [0, 0.1) is 19.7 Å². The zero-order chi connectivity index (χ0) is 12.6. The van der Waals surface area contributed by atoms with Crippen LogP contribution in [-0.4, -0.2) is 11.1 Å². The number of carbonyl (C=O) groups is 1. The summed E-state index contributed by atoms with van der Waals surface area (Å²) in [5, 5.41) is 10.5. The normalized spacial score (nSPS) is 10.5. The fourth-order valence-electron chi connectivity index (χ4n) is 1.88. The summed E-state index contributed by atoms with van der Waals surface area (Å²) in [6.45, 7) is 3.65. The van der Waals surface area contributed by atoms with Gasteiger partial charge in [-0.2, -0.15) is 0 Å². The third-order valence-corrected chi connectivity index (χ3v) is 3.54. The van der Waals surface area contributed by atoms with Crippen LogP contribution in [0.2, 0.25) is 0 Å². The van der Waals surface area contributed by atoms with Crippen molar-refractivity contribution in [3.05, 3.63) is 46.1 Å². The maximum absolute atomic E-state index is 13.2. The minimum atomic E-state index is -0.940. The summed E-state index contributed by atoms with van der Waals surface area (Å²) < 4.78 is 13.2. The van der Waals surface area contributed by atoms with Crippen LogP contribution < -0.4 is 0 Å². The van der Waals surface area contributed by atoms with Gasteiger partial charge in [-0.3, -0.25) is 0 Å². The fourth-order valence-corrected chi connectivity index (χ4v) is 2.94. The first kappa shape index (κ1) is 11.8. The van der Waals surface area contributed by atoms with Gasteiger partial charge in [-0.05, 0) is 48.7 Å². The number of rotatable bonds is 2. The molecule has 0 aliphatic heterocycles. The summed E-state index contributed by atoms with van der Waals surface area (Å²) in [4.78, 5) is 11.7. The largest absolute Gasteiger partial charge is 0.478 e. The second-order valence-electron chi connectivity index (χ2n) is 3.92. The molecule has 88 valence electrons. The van der Waals surface area contributed by atoms with Gasteiger partial charge in [0.15, 0.2) is 0 Å². The van der Waals surface area contributed by atoms with Crippen LogP contribution in [0.4, 0.5) is 4.39 Å². The zero-order valence-electron chi connectivity index (χ0n) is 9.45. The molecule has 0 saturated heterocycles. The fraction of sp³-hybridized carbons (Fsp3) is 0.154. The van der Waals surface area contributed by atoms with Crippen LogP contribution in [0.25, 0.3) is 10.4 Å². The molecule has 2 nitrogen and oxygen atoms in total. The van der Waals surface area contributed by atoms with Crippen LogP contribution in [-0.2, 0) is 0 Å². The van der Waals surface area contributed by atoms with E-state index in [4.69, 9.17) is 5.11 Å². The monoisotopic (exact) mass is 250 g/mol. The van der Waals surface area contributed by atoms with Crippen molar-refractivity contribution in [2.45, 2.75) is 13.8 Å². The van der Waals surface area contributed by atoms with E-state index >= 15 is 0 Å². The number of aryl methyl sites for hydroxylation is 2. The molecule has 0 radical (unpaired) electrons. The first-order valence-electron chi connectivity index (χ1n) is 5.08. The van der Waals surface area contributed by atoms with E-state index in [1.165, 1.54) is 23.5 Å². The minimum Gasteiger partial charge on any atom is -0.478 e. The first-order valence-corrected chi connectivity index (χ1v) is 5.96. The highest BCUT2D eigenvalue weighted by molar-refractivity contribution is 7.13. The van der Waals surface area contributed by atoms with E-state index in [2.05, 4.69) is 0 Å². The molecule has 0 atom stereocenters. The van der Waals surface area contributed by atoms with Gasteiger partial charge in [0, 0.05) is 10.3 Å². The Balaban J connectivity index is 2.56. The average Bonchev–Trinajstić information content (AvgIpc) is 2.65. The predicted molar refractivity (Wildman–Crippen MR) is 66.1 cm³/mol. The van der Waals surface area contributed by atoms with Gasteiger partial charge in [-0.25, -0.2) is 9.18 Å². The third-order valence-electron chi connectivity index (χ3n) is 2.59. The van der Waals surface area contributed by atoms with Gasteiger partial charge in [0.05, 0.1) is 5.56 Å². The number of thiophene rings is 1. The molecule has 1 aromatic heterocycles. The number of carboxylic acid groups (broad SMARTS) is 1. The van der Waals surface area contributed by atoms with Crippen molar-refractivity contribution in [1.82, 2.24) is 0 Å². The summed E-state index contributed by atoms with van der Waals surface area (Å²) in [6, 6.07) is 4.55. The zero-order valence-corrected chi connectivity index (χ0v) is 10.3. The highest BCUT2D eigenvalue weighted by Crippen LogP contribution is 2.33. The van der Waals surface area contributed by atoms with Crippen molar-refractivity contribution in [1.29, 1.82) is 0 Å². The molecule has 1 N–H and O–H groups in total. The number of benzene rings is 1. The van der Waals surface area contributed by atoms with E-state index < -0.39 is 5.97 Å². The quantitative estimate of drug-likeness (QED) is 0.878. The van der Waals surface area contributed by atoms with Gasteiger partial charge in [0.1, 0.15) is 5.82 Å². The van der Waals surface area contributed by atoms with Crippen molar-refractivity contribution >= 4 is 17.3 Å². The smallest absolute Gasteiger partial charge is 0.336 e. The molecular formula is C13H11FO2S. The molecule has 0 unspecified atom stereocenters. The van der Waals surface area contributed by atoms with Gasteiger partial charge in [-0.15, -0.1) is 11.3 Å². The SMILES string of the molecule is Cc1cc(F)cc(C)c1-c1cc(C(=O)O)cs1. The summed E-state index contributed by atoms with van der Waals surface area (Å²) in [6.07, 6.45) is 0. The number of halogens is 1. The van der Waals surface area contributed by atoms with E-state index in [1.807, 2.05) is 13.8 Å². The Morgan fingerprint density at radius 2 is 1.82 bits per heavy atom. The number of aromatic carboxylic acids is 1. The molecule has 2 rings (SSSR count). The molecule has 4 heteroatoms. The second-order valence-corrected chi connectivity index (χ2v) is 4.83. The van der Waals surface area contributed by atoms with E-state index in [-0.39, 0.29) is 11.4 Å². The van der Waals surface area contributed by atoms with Crippen LogP contribution in [0.15, 0.2) is 23.6 Å². The van der Waals surface area contributed by atoms with Gasteiger partial charge < -0.3 is 5.11 Å². The first-order chi connectivity index (χ1) is 7.99. The van der Waals surface area contributed by atoms with Crippen LogP contribution in [0.5, 0.6) is 0 Å². The van der Waals surface area contributed by atoms with Crippen molar-refractivity contribution in [2.75, 3.05) is 0 Å². The molecule has 2 aromatic rings. The topological polar surface area (TPSA) is 37.3 Å². The average molecular weight is 250 g/mol. The molecule has 0 aliphatic rings. The molecule has 0 spiro atoms. The molecule has 1 aromatic carbocycles. The highest BCUT2D eigenvalue weighted by atomic mass is 32.1. The van der Waals surface area contributed by atoms with Gasteiger partial charge in [0.2, 0.25) is 0 Å². The minimum absolute atomic E-state index is 0.265. The maximum Gasteiger partial charge on any atom is 0.336 e. The van der Waals surface area contributed by atoms with Gasteiger partial charge >= 0.3 is 5.97 Å². The van der Waals surface area contributed by atoms with E-state index in [0.717, 1.165) is 21.6 Å². The predicted octanol–water partition coefficient (Wildman–Crippen LogP) is 3.87. The number of carboxylic acids is 1. The highest BCUT2D eigenvalue weighted by Gasteiger charge is 2.12. The lowest BCUT2D eigenvalue weighted by Gasteiger charge is -2.07. The van der Waals surface area contributed by atoms with Crippen LogP contribution >= 0.6 is 11.3 Å². The summed E-state index contributed by atoms with van der Waals surface area (Å²) in [7, 11) is 0. The summed E-state index contributed by atoms with van der Waals surface area (Å²) in [5.74, 6) is -1.20. The lowest BCUT2D eigenvalue weighted by atomic mass is 10.0. The Labute approximate surface area is 102 Å². The second kappa shape index (κ2) is 4.30. The molecule has 0 fully saturated rings. The van der Waals surface area contributed by atoms with Crippen LogP contribution in [0.1, 0.15) is 21.5 Å². The molecule has 0 saturated carbocycles. The molecular weight excluding hydrogens is 239 g/mol. The Bertz CT molecular complexity index is 564. The van der Waals surface area contributed by atoms with Crippen molar-refractivity contribution in [3.8, 4) is 10.4 Å². The van der Waals surface area contributed by atoms with Crippen molar-refractivity contribution in [2.24, 2.45) is 0 Å². The standard InChI is InChI=1S/C13H11FO2S/c1-7-3-10(14)4-8(2)12(7)11-5-9(6-17-11)13(15)16/h3-6H,1-2H3,(H,15,16). The van der Waals surface area contributed by atoms with Crippen LogP contribution in [0.3, 0.4) is 0 Å². The van der Waals surface area contributed by atoms with Gasteiger partial charge in [0.25, 0.3) is 0 Å². The van der Waals surface area contributed by atoms with Crippen molar-refractivity contribution in [3.63, 3.8) is 0 Å². The Hall–Kier alpha value is -1.68. The van der Waals surface area contributed by atoms with E-state index in [0.29, 0.717) is 0 Å². The number of hydrogen-bond donors (Lipinski definition) is 1. The number of hydrogen-bond acceptors (Lipinski definition) is 2. The molecule has 0 amide bonds. The van der Waals surface area contributed by atoms with Crippen molar-refractivity contribution < 1.29 is 14.3 Å². The van der Waals surface area contributed by atoms with Gasteiger partial charge in [-0.1, -0.05) is 0 Å². The third kappa shape index (κ3) is 2.22.